The van der Waals surface area contributed by atoms with Crippen LogP contribution in [0, 0.1) is 23.7 Å². The number of ether oxygens (including phenoxy) is 1. The summed E-state index contributed by atoms with van der Waals surface area (Å²) >= 11 is 8.15. The Labute approximate surface area is 232 Å². The van der Waals surface area contributed by atoms with E-state index in [4.69, 9.17) is 16.3 Å². The Balaban J connectivity index is 1.13. The number of nitrogens with one attached hydrogen (secondary N) is 5. The summed E-state index contributed by atoms with van der Waals surface area (Å²) in [6.45, 7) is 4.80. The van der Waals surface area contributed by atoms with Gasteiger partial charge in [0.15, 0.2) is 0 Å². The molecule has 9 nitrogen and oxygen atoms in total. The first-order valence-electron chi connectivity index (χ1n) is 13.9. The molecule has 5 N–H and O–H groups in total. The normalized spacial score (nSPS) is 43.7. The molecular formula is C25H41ClF2N6O3S. The van der Waals surface area contributed by atoms with Gasteiger partial charge in [-0.05, 0) is 38.5 Å². The molecule has 0 aromatic carbocycles. The van der Waals surface area contributed by atoms with E-state index in [1.54, 1.807) is 18.9 Å². The Hall–Kier alpha value is -0.760. The number of carbonyl (C=O) groups excluding carboxylic acids is 2. The zero-order chi connectivity index (χ0) is 27.0. The lowest BCUT2D eigenvalue weighted by molar-refractivity contribution is -0.134. The molecule has 5 saturated heterocycles. The van der Waals surface area contributed by atoms with Gasteiger partial charge in [0.2, 0.25) is 18.2 Å². The summed E-state index contributed by atoms with van der Waals surface area (Å²) < 4.78 is 31.6. The van der Waals surface area contributed by atoms with Gasteiger partial charge in [-0.3, -0.25) is 20.2 Å². The fraction of sp³-hybridized carbons (Fsp3) is 0.920. The van der Waals surface area contributed by atoms with Gasteiger partial charge in [-0.1, -0.05) is 0 Å². The van der Waals surface area contributed by atoms with E-state index in [0.29, 0.717) is 45.1 Å². The van der Waals surface area contributed by atoms with Crippen LogP contribution in [0.15, 0.2) is 0 Å². The van der Waals surface area contributed by atoms with Gasteiger partial charge >= 0.3 is 0 Å². The number of nitrogens with zero attached hydrogens (tertiary/aromatic N) is 1. The highest BCUT2D eigenvalue weighted by atomic mass is 35.5. The monoisotopic (exact) mass is 578 g/mol. The minimum Gasteiger partial charge on any atom is -0.366 e. The Morgan fingerprint density at radius 2 is 1.89 bits per heavy atom. The summed E-state index contributed by atoms with van der Waals surface area (Å²) in [7, 11) is 1.70. The molecule has 5 aliphatic rings. The van der Waals surface area contributed by atoms with Crippen molar-refractivity contribution in [2.24, 2.45) is 23.7 Å². The predicted molar refractivity (Wildman–Crippen MR) is 143 cm³/mol. The number of methoxy groups -OCH3 is 1. The quantitative estimate of drug-likeness (QED) is 0.294. The maximum Gasteiger partial charge on any atom is 0.242 e. The number of carbonyl (C=O) groups is 2. The Morgan fingerprint density at radius 1 is 1.08 bits per heavy atom. The van der Waals surface area contributed by atoms with Gasteiger partial charge in [0.25, 0.3) is 0 Å². The summed E-state index contributed by atoms with van der Waals surface area (Å²) in [4.78, 5) is 28.4. The third kappa shape index (κ3) is 6.26. The maximum absolute atomic E-state index is 13.5. The van der Waals surface area contributed by atoms with Crippen molar-refractivity contribution in [3.05, 3.63) is 0 Å². The van der Waals surface area contributed by atoms with Gasteiger partial charge in [-0.15, -0.1) is 23.4 Å². The fourth-order valence-electron chi connectivity index (χ4n) is 6.95. The Kier molecular flexibility index (Phi) is 9.39. The largest absolute Gasteiger partial charge is 0.366 e. The minimum atomic E-state index is -2.35. The average molecular weight is 579 g/mol. The molecule has 0 bridgehead atoms. The Morgan fingerprint density at radius 3 is 2.58 bits per heavy atom. The molecule has 0 aromatic heterocycles. The average Bonchev–Trinajstić information content (AvgIpc) is 3.47. The topological polar surface area (TPSA) is 107 Å². The molecule has 5 heterocycles. The minimum absolute atomic E-state index is 0.00766. The van der Waals surface area contributed by atoms with Crippen molar-refractivity contribution in [3.63, 3.8) is 0 Å². The van der Waals surface area contributed by atoms with E-state index in [1.165, 1.54) is 0 Å². The molecule has 2 amide bonds. The van der Waals surface area contributed by atoms with E-state index in [-0.39, 0.29) is 70.5 Å². The first kappa shape index (κ1) is 28.8. The lowest BCUT2D eigenvalue weighted by Gasteiger charge is -2.45. The molecule has 5 fully saturated rings. The van der Waals surface area contributed by atoms with Gasteiger partial charge in [-0.2, -0.15) is 0 Å². The van der Waals surface area contributed by atoms with Crippen LogP contribution in [0.25, 0.3) is 0 Å². The number of likely N-dealkylation sites (tertiary alicyclic amines) is 1. The van der Waals surface area contributed by atoms with Crippen LogP contribution in [-0.4, -0.2) is 103 Å². The Bertz CT molecular complexity index is 842. The van der Waals surface area contributed by atoms with E-state index in [0.717, 1.165) is 12.8 Å². The van der Waals surface area contributed by atoms with Crippen LogP contribution in [0.1, 0.15) is 32.6 Å². The highest BCUT2D eigenvalue weighted by molar-refractivity contribution is 8.00. The van der Waals surface area contributed by atoms with Gasteiger partial charge in [0.05, 0.1) is 12.0 Å². The zero-order valence-corrected chi connectivity index (χ0v) is 23.6. The molecule has 0 saturated carbocycles. The number of hydrogen-bond acceptors (Lipinski definition) is 8. The molecule has 216 valence electrons. The van der Waals surface area contributed by atoms with Crippen molar-refractivity contribution >= 4 is 35.2 Å². The van der Waals surface area contributed by atoms with Crippen LogP contribution in [-0.2, 0) is 14.3 Å². The number of halogens is 3. The molecule has 5 aliphatic heterocycles. The summed E-state index contributed by atoms with van der Waals surface area (Å²) in [5.74, 6) is -0.536. The molecule has 11 atom stereocenters. The smallest absolute Gasteiger partial charge is 0.242 e. The van der Waals surface area contributed by atoms with Crippen molar-refractivity contribution in [3.8, 4) is 0 Å². The van der Waals surface area contributed by atoms with Gasteiger partial charge in [-0.25, -0.2) is 8.78 Å². The molecule has 5 rings (SSSR count). The van der Waals surface area contributed by atoms with Gasteiger partial charge in [0, 0.05) is 74.4 Å². The molecule has 13 heteroatoms. The van der Waals surface area contributed by atoms with Crippen molar-refractivity contribution in [1.82, 2.24) is 31.5 Å². The van der Waals surface area contributed by atoms with Crippen molar-refractivity contribution in [2.75, 3.05) is 39.8 Å². The van der Waals surface area contributed by atoms with Gasteiger partial charge < -0.3 is 25.6 Å². The SMILES string of the molecule is COC1NCC(Cl)CC1C1CC(C)NCC1C(=O)NC1NC2CN(C(=O)C3CCC(C(F)F)CN3)CC2S1. The van der Waals surface area contributed by atoms with Crippen LogP contribution in [0.3, 0.4) is 0 Å². The second-order valence-electron chi connectivity index (χ2n) is 11.6. The number of alkyl halides is 3. The van der Waals surface area contributed by atoms with E-state index in [9.17, 15) is 18.4 Å². The van der Waals surface area contributed by atoms with E-state index in [1.807, 2.05) is 4.90 Å². The number of rotatable bonds is 6. The summed E-state index contributed by atoms with van der Waals surface area (Å²) in [5, 5.41) is 16.8. The third-order valence-corrected chi connectivity index (χ3v) is 10.7. The van der Waals surface area contributed by atoms with Crippen LogP contribution in [0.4, 0.5) is 8.78 Å². The molecule has 11 unspecified atom stereocenters. The van der Waals surface area contributed by atoms with Crippen LogP contribution >= 0.6 is 23.4 Å². The molecule has 0 aliphatic carbocycles. The number of piperidine rings is 3. The van der Waals surface area contributed by atoms with Crippen molar-refractivity contribution in [2.45, 2.75) is 79.5 Å². The zero-order valence-electron chi connectivity index (χ0n) is 22.0. The van der Waals surface area contributed by atoms with Crippen molar-refractivity contribution in [1.29, 1.82) is 0 Å². The highest BCUT2D eigenvalue weighted by Gasteiger charge is 2.47. The lowest BCUT2D eigenvalue weighted by atomic mass is 9.71. The standard InChI is InChI=1S/C25H41ClF2N6O3S/c1-12-5-15(16-6-14(26)8-31-23(16)37-2)17(9-29-12)22(35)33-25-32-19-10-34(11-20(19)38-25)24(36)18-4-3-13(7-30-18)21(27)28/h12-21,23,25,29-32H,3-11H2,1-2H3,(H,33,35). The molecule has 0 spiro atoms. The van der Waals surface area contributed by atoms with E-state index in [2.05, 4.69) is 33.5 Å². The number of hydrogen-bond donors (Lipinski definition) is 5. The first-order chi connectivity index (χ1) is 18.2. The third-order valence-electron chi connectivity index (χ3n) is 9.06. The molecule has 0 aromatic rings. The lowest BCUT2D eigenvalue weighted by Crippen LogP contribution is -2.58. The summed E-state index contributed by atoms with van der Waals surface area (Å²) in [6, 6.07) is 0.0173. The first-order valence-corrected chi connectivity index (χ1v) is 15.3. The highest BCUT2D eigenvalue weighted by Crippen LogP contribution is 2.38. The summed E-state index contributed by atoms with van der Waals surface area (Å²) in [6.07, 6.45) is 0.0491. The van der Waals surface area contributed by atoms with Gasteiger partial charge in [0.1, 0.15) is 11.7 Å². The number of thioether (sulfide) groups is 1. The summed E-state index contributed by atoms with van der Waals surface area (Å²) in [5.41, 5.74) is -0.210. The van der Waals surface area contributed by atoms with E-state index >= 15 is 0 Å². The molecule has 38 heavy (non-hydrogen) atoms. The second kappa shape index (κ2) is 12.4. The molecular weight excluding hydrogens is 538 g/mol. The predicted octanol–water partition coefficient (Wildman–Crippen LogP) is 0.739. The van der Waals surface area contributed by atoms with Crippen LogP contribution in [0.2, 0.25) is 0 Å². The number of fused-ring (bicyclic) bond motifs is 1. The van der Waals surface area contributed by atoms with Crippen LogP contribution in [0.5, 0.6) is 0 Å². The second-order valence-corrected chi connectivity index (χ2v) is 13.6. The van der Waals surface area contributed by atoms with Crippen LogP contribution < -0.4 is 26.6 Å². The van der Waals surface area contributed by atoms with E-state index < -0.39 is 12.3 Å². The fourth-order valence-corrected chi connectivity index (χ4v) is 8.65. The van der Waals surface area contributed by atoms with Crippen molar-refractivity contribution < 1.29 is 23.1 Å². The molecule has 0 radical (unpaired) electrons. The maximum atomic E-state index is 13.5. The number of amides is 2.